The number of nitrogens with one attached hydrogen (secondary N) is 1. The van der Waals surface area contributed by atoms with E-state index in [1.807, 2.05) is 6.07 Å². The molecule has 0 fully saturated rings. The Kier molecular flexibility index (Phi) is 2.55. The fraction of sp³-hybridized carbons (Fsp3) is 0.375. The van der Waals surface area contributed by atoms with Crippen molar-refractivity contribution in [3.8, 4) is 0 Å². The second-order valence-corrected chi connectivity index (χ2v) is 4.11. The molecular formula is C8H11N5S. The van der Waals surface area contributed by atoms with Crippen molar-refractivity contribution in [1.82, 2.24) is 20.6 Å². The van der Waals surface area contributed by atoms with Gasteiger partial charge in [0.15, 0.2) is 5.82 Å². The molecule has 0 aromatic carbocycles. The molecule has 74 valence electrons. The van der Waals surface area contributed by atoms with E-state index in [2.05, 4.69) is 33.6 Å². The maximum absolute atomic E-state index is 5.95. The van der Waals surface area contributed by atoms with Crippen LogP contribution in [0.4, 0.5) is 0 Å². The first-order valence-electron chi connectivity index (χ1n) is 4.38. The van der Waals surface area contributed by atoms with Crippen molar-refractivity contribution in [2.24, 2.45) is 5.73 Å². The first-order chi connectivity index (χ1) is 6.81. The molecule has 0 saturated heterocycles. The molecule has 14 heavy (non-hydrogen) atoms. The second kappa shape index (κ2) is 3.85. The molecule has 2 rings (SSSR count). The van der Waals surface area contributed by atoms with E-state index in [1.165, 1.54) is 4.88 Å². The molecule has 0 aliphatic carbocycles. The Bertz CT molecular complexity index is 394. The van der Waals surface area contributed by atoms with Crippen LogP contribution in [-0.4, -0.2) is 20.6 Å². The monoisotopic (exact) mass is 209 g/mol. The average molecular weight is 209 g/mol. The van der Waals surface area contributed by atoms with E-state index in [0.29, 0.717) is 5.82 Å². The Balaban J connectivity index is 2.23. The summed E-state index contributed by atoms with van der Waals surface area (Å²) in [5.74, 6) is 0.537. The summed E-state index contributed by atoms with van der Waals surface area (Å²) in [6.07, 6.45) is 1.03. The van der Waals surface area contributed by atoms with Crippen LogP contribution in [0.25, 0.3) is 0 Å². The lowest BCUT2D eigenvalue weighted by molar-refractivity contribution is 0.800. The van der Waals surface area contributed by atoms with Gasteiger partial charge in [0.05, 0.1) is 0 Å². The van der Waals surface area contributed by atoms with Crippen molar-refractivity contribution >= 4 is 11.3 Å². The molecule has 0 saturated carbocycles. The third kappa shape index (κ3) is 1.66. The SMILES string of the molecule is CCc1ccc(C(N)c2nn[nH]n2)s1. The second-order valence-electron chi connectivity index (χ2n) is 2.91. The summed E-state index contributed by atoms with van der Waals surface area (Å²) in [6.45, 7) is 2.12. The summed E-state index contributed by atoms with van der Waals surface area (Å²) >= 11 is 1.69. The highest BCUT2D eigenvalue weighted by atomic mass is 32.1. The van der Waals surface area contributed by atoms with Gasteiger partial charge in [-0.05, 0) is 18.6 Å². The molecule has 0 spiro atoms. The highest BCUT2D eigenvalue weighted by Gasteiger charge is 2.15. The first kappa shape index (κ1) is 9.29. The van der Waals surface area contributed by atoms with Gasteiger partial charge >= 0.3 is 0 Å². The first-order valence-corrected chi connectivity index (χ1v) is 5.20. The van der Waals surface area contributed by atoms with Crippen LogP contribution < -0.4 is 5.73 Å². The number of thiophene rings is 1. The molecule has 0 aliphatic heterocycles. The summed E-state index contributed by atoms with van der Waals surface area (Å²) in [6, 6.07) is 3.84. The van der Waals surface area contributed by atoms with Gasteiger partial charge in [-0.15, -0.1) is 21.5 Å². The zero-order valence-corrected chi connectivity index (χ0v) is 8.58. The number of aromatic amines is 1. The zero-order chi connectivity index (χ0) is 9.97. The van der Waals surface area contributed by atoms with Crippen molar-refractivity contribution in [2.75, 3.05) is 0 Å². The normalized spacial score (nSPS) is 13.0. The van der Waals surface area contributed by atoms with Crippen LogP contribution in [0.2, 0.25) is 0 Å². The van der Waals surface area contributed by atoms with Gasteiger partial charge in [0.25, 0.3) is 0 Å². The Hall–Kier alpha value is -1.27. The van der Waals surface area contributed by atoms with Crippen LogP contribution in [0.5, 0.6) is 0 Å². The molecule has 1 atom stereocenters. The van der Waals surface area contributed by atoms with Gasteiger partial charge in [-0.3, -0.25) is 0 Å². The van der Waals surface area contributed by atoms with Crippen LogP contribution in [0.3, 0.4) is 0 Å². The number of H-pyrrole nitrogens is 1. The summed E-state index contributed by atoms with van der Waals surface area (Å²) < 4.78 is 0. The number of tetrazole rings is 1. The minimum atomic E-state index is -0.265. The van der Waals surface area contributed by atoms with E-state index < -0.39 is 0 Å². The predicted molar refractivity (Wildman–Crippen MR) is 53.9 cm³/mol. The van der Waals surface area contributed by atoms with E-state index in [9.17, 15) is 0 Å². The predicted octanol–water partition coefficient (Wildman–Crippen LogP) is 0.872. The highest BCUT2D eigenvalue weighted by molar-refractivity contribution is 7.12. The lowest BCUT2D eigenvalue weighted by Crippen LogP contribution is -2.12. The number of rotatable bonds is 3. The number of aryl methyl sites for hydroxylation is 1. The van der Waals surface area contributed by atoms with E-state index in [4.69, 9.17) is 5.73 Å². The molecule has 0 radical (unpaired) electrons. The van der Waals surface area contributed by atoms with Crippen LogP contribution in [0, 0.1) is 0 Å². The molecule has 0 aliphatic rings. The lowest BCUT2D eigenvalue weighted by Gasteiger charge is -2.02. The molecule has 2 heterocycles. The van der Waals surface area contributed by atoms with Gasteiger partial charge < -0.3 is 5.73 Å². The molecule has 0 amide bonds. The van der Waals surface area contributed by atoms with Crippen molar-refractivity contribution in [2.45, 2.75) is 19.4 Å². The molecule has 1 unspecified atom stereocenters. The van der Waals surface area contributed by atoms with Crippen molar-refractivity contribution in [1.29, 1.82) is 0 Å². The van der Waals surface area contributed by atoms with Crippen LogP contribution >= 0.6 is 11.3 Å². The number of hydrogen-bond acceptors (Lipinski definition) is 5. The summed E-state index contributed by atoms with van der Waals surface area (Å²) in [7, 11) is 0. The smallest absolute Gasteiger partial charge is 0.196 e. The van der Waals surface area contributed by atoms with Crippen LogP contribution in [-0.2, 0) is 6.42 Å². The quantitative estimate of drug-likeness (QED) is 0.786. The van der Waals surface area contributed by atoms with Gasteiger partial charge in [0.1, 0.15) is 6.04 Å². The minimum Gasteiger partial charge on any atom is -0.317 e. The Morgan fingerprint density at radius 1 is 1.57 bits per heavy atom. The summed E-state index contributed by atoms with van der Waals surface area (Å²) in [4.78, 5) is 2.39. The third-order valence-electron chi connectivity index (χ3n) is 1.98. The van der Waals surface area contributed by atoms with Crippen molar-refractivity contribution in [3.63, 3.8) is 0 Å². The largest absolute Gasteiger partial charge is 0.317 e. The molecule has 5 nitrogen and oxygen atoms in total. The van der Waals surface area contributed by atoms with E-state index in [-0.39, 0.29) is 6.04 Å². The topological polar surface area (TPSA) is 80.5 Å². The number of nitrogens with two attached hydrogens (primary N) is 1. The van der Waals surface area contributed by atoms with Crippen molar-refractivity contribution < 1.29 is 0 Å². The lowest BCUT2D eigenvalue weighted by atomic mass is 10.2. The van der Waals surface area contributed by atoms with Gasteiger partial charge in [0.2, 0.25) is 0 Å². The third-order valence-corrected chi connectivity index (χ3v) is 3.29. The number of nitrogens with zero attached hydrogens (tertiary/aromatic N) is 3. The molecule has 2 aromatic rings. The Labute approximate surface area is 85.3 Å². The Morgan fingerprint density at radius 3 is 3.00 bits per heavy atom. The fourth-order valence-corrected chi connectivity index (χ4v) is 2.13. The van der Waals surface area contributed by atoms with Crippen LogP contribution in [0.15, 0.2) is 12.1 Å². The van der Waals surface area contributed by atoms with Gasteiger partial charge in [-0.1, -0.05) is 12.1 Å². The summed E-state index contributed by atoms with van der Waals surface area (Å²) in [5.41, 5.74) is 5.95. The molecular weight excluding hydrogens is 198 g/mol. The number of hydrogen-bond donors (Lipinski definition) is 2. The van der Waals surface area contributed by atoms with Gasteiger partial charge in [-0.25, -0.2) is 0 Å². The van der Waals surface area contributed by atoms with Crippen LogP contribution in [0.1, 0.15) is 28.5 Å². The summed E-state index contributed by atoms with van der Waals surface area (Å²) in [5, 5.41) is 13.6. The number of aromatic nitrogens is 4. The standard InChI is InChI=1S/C8H11N5S/c1-2-5-3-4-6(14-5)7(9)8-10-12-13-11-8/h3-4,7H,2,9H2,1H3,(H,10,11,12,13). The van der Waals surface area contributed by atoms with E-state index in [1.54, 1.807) is 11.3 Å². The molecule has 3 N–H and O–H groups in total. The van der Waals surface area contributed by atoms with E-state index >= 15 is 0 Å². The minimum absolute atomic E-state index is 0.265. The van der Waals surface area contributed by atoms with Gasteiger partial charge in [0, 0.05) is 9.75 Å². The molecule has 6 heteroatoms. The average Bonchev–Trinajstić information content (AvgIpc) is 2.88. The Morgan fingerprint density at radius 2 is 2.43 bits per heavy atom. The van der Waals surface area contributed by atoms with Crippen molar-refractivity contribution in [3.05, 3.63) is 27.7 Å². The van der Waals surface area contributed by atoms with E-state index in [0.717, 1.165) is 11.3 Å². The molecule has 2 aromatic heterocycles. The highest BCUT2D eigenvalue weighted by Crippen LogP contribution is 2.24. The van der Waals surface area contributed by atoms with Gasteiger partial charge in [-0.2, -0.15) is 5.21 Å². The molecule has 0 bridgehead atoms. The zero-order valence-electron chi connectivity index (χ0n) is 7.77. The fourth-order valence-electron chi connectivity index (χ4n) is 1.18. The maximum Gasteiger partial charge on any atom is 0.196 e. The maximum atomic E-state index is 5.95.